The molecule has 0 aliphatic heterocycles. The lowest BCUT2D eigenvalue weighted by atomic mass is 10.2. The maximum atomic E-state index is 11.1. The Hall–Kier alpha value is -1.27. The van der Waals surface area contributed by atoms with Crippen LogP contribution in [0, 0.1) is 0 Å². The summed E-state index contributed by atoms with van der Waals surface area (Å²) in [7, 11) is -3.70. The lowest BCUT2D eigenvalue weighted by Crippen LogP contribution is -2.11. The molecular formula is C13H11Cl2NO3S. The zero-order valence-electron chi connectivity index (χ0n) is 10.2. The molecule has 0 heterocycles. The molecule has 2 aromatic carbocycles. The van der Waals surface area contributed by atoms with Crippen LogP contribution < -0.4 is 9.88 Å². The van der Waals surface area contributed by atoms with E-state index in [1.807, 2.05) is 0 Å². The predicted octanol–water partition coefficient (Wildman–Crippen LogP) is 3.22. The SMILES string of the molecule is NS(=O)(=O)c1ccc(OCc2c(Cl)cccc2Cl)cc1. The molecule has 20 heavy (non-hydrogen) atoms. The van der Waals surface area contributed by atoms with Crippen molar-refractivity contribution < 1.29 is 13.2 Å². The Labute approximate surface area is 127 Å². The molecule has 0 amide bonds. The monoisotopic (exact) mass is 331 g/mol. The van der Waals surface area contributed by atoms with Crippen molar-refractivity contribution >= 4 is 33.2 Å². The predicted molar refractivity (Wildman–Crippen MR) is 78.6 cm³/mol. The highest BCUT2D eigenvalue weighted by Crippen LogP contribution is 2.26. The van der Waals surface area contributed by atoms with E-state index in [1.165, 1.54) is 24.3 Å². The van der Waals surface area contributed by atoms with Crippen molar-refractivity contribution in [2.24, 2.45) is 5.14 Å². The Morgan fingerprint density at radius 1 is 1.00 bits per heavy atom. The molecule has 0 saturated carbocycles. The van der Waals surface area contributed by atoms with Crippen LogP contribution in [-0.4, -0.2) is 8.42 Å². The van der Waals surface area contributed by atoms with Gasteiger partial charge in [0.05, 0.1) is 4.90 Å². The van der Waals surface area contributed by atoms with Crippen LogP contribution in [0.2, 0.25) is 10.0 Å². The van der Waals surface area contributed by atoms with Crippen molar-refractivity contribution in [1.29, 1.82) is 0 Å². The largest absolute Gasteiger partial charge is 0.489 e. The third-order valence-electron chi connectivity index (χ3n) is 2.60. The minimum atomic E-state index is -3.70. The smallest absolute Gasteiger partial charge is 0.238 e. The Morgan fingerprint density at radius 2 is 1.55 bits per heavy atom. The molecule has 0 aliphatic carbocycles. The van der Waals surface area contributed by atoms with Crippen molar-refractivity contribution in [3.05, 3.63) is 58.1 Å². The van der Waals surface area contributed by atoms with Crippen LogP contribution in [0.5, 0.6) is 5.75 Å². The molecule has 0 atom stereocenters. The first kappa shape index (κ1) is 15.1. The van der Waals surface area contributed by atoms with Gasteiger partial charge >= 0.3 is 0 Å². The summed E-state index contributed by atoms with van der Waals surface area (Å²) in [6.07, 6.45) is 0. The fourth-order valence-electron chi connectivity index (χ4n) is 1.55. The minimum absolute atomic E-state index is 0.0284. The molecule has 0 saturated heterocycles. The second-order valence-corrected chi connectivity index (χ2v) is 6.38. The number of benzene rings is 2. The van der Waals surface area contributed by atoms with E-state index in [-0.39, 0.29) is 11.5 Å². The molecule has 2 N–H and O–H groups in total. The van der Waals surface area contributed by atoms with Gasteiger partial charge in [0.1, 0.15) is 12.4 Å². The molecule has 106 valence electrons. The molecule has 0 radical (unpaired) electrons. The van der Waals surface area contributed by atoms with Crippen molar-refractivity contribution in [3.8, 4) is 5.75 Å². The fourth-order valence-corrected chi connectivity index (χ4v) is 2.57. The molecule has 0 spiro atoms. The number of hydrogen-bond acceptors (Lipinski definition) is 3. The summed E-state index contributed by atoms with van der Waals surface area (Å²) >= 11 is 12.0. The summed E-state index contributed by atoms with van der Waals surface area (Å²) < 4.78 is 27.7. The van der Waals surface area contributed by atoms with E-state index in [2.05, 4.69) is 0 Å². The van der Waals surface area contributed by atoms with E-state index in [0.717, 1.165) is 0 Å². The summed E-state index contributed by atoms with van der Waals surface area (Å²) in [5.74, 6) is 0.494. The van der Waals surface area contributed by atoms with Gasteiger partial charge in [-0.05, 0) is 36.4 Å². The molecule has 0 bridgehead atoms. The van der Waals surface area contributed by atoms with Crippen LogP contribution in [0.1, 0.15) is 5.56 Å². The van der Waals surface area contributed by atoms with E-state index < -0.39 is 10.0 Å². The molecule has 4 nitrogen and oxygen atoms in total. The van der Waals surface area contributed by atoms with Crippen LogP contribution in [-0.2, 0) is 16.6 Å². The van der Waals surface area contributed by atoms with Crippen molar-refractivity contribution in [1.82, 2.24) is 0 Å². The van der Waals surface area contributed by atoms with E-state index in [0.29, 0.717) is 21.4 Å². The van der Waals surface area contributed by atoms with E-state index in [9.17, 15) is 8.42 Å². The summed E-state index contributed by atoms with van der Waals surface area (Å²) in [4.78, 5) is 0.0284. The van der Waals surface area contributed by atoms with Crippen LogP contribution in [0.3, 0.4) is 0 Å². The van der Waals surface area contributed by atoms with Gasteiger partial charge in [-0.1, -0.05) is 29.3 Å². The normalized spacial score (nSPS) is 11.3. The van der Waals surface area contributed by atoms with Gasteiger partial charge in [-0.2, -0.15) is 0 Å². The number of sulfonamides is 1. The van der Waals surface area contributed by atoms with E-state index >= 15 is 0 Å². The molecule has 0 fully saturated rings. The van der Waals surface area contributed by atoms with E-state index in [1.54, 1.807) is 18.2 Å². The van der Waals surface area contributed by atoms with Gasteiger partial charge in [0.15, 0.2) is 0 Å². The molecule has 0 aromatic heterocycles. The highest BCUT2D eigenvalue weighted by atomic mass is 35.5. The molecule has 0 unspecified atom stereocenters. The standard InChI is InChI=1S/C13H11Cl2NO3S/c14-12-2-1-3-13(15)11(12)8-19-9-4-6-10(7-5-9)20(16,17)18/h1-7H,8H2,(H2,16,17,18). The maximum absolute atomic E-state index is 11.1. The lowest BCUT2D eigenvalue weighted by molar-refractivity contribution is 0.306. The Kier molecular flexibility index (Phi) is 4.55. The van der Waals surface area contributed by atoms with Gasteiger partial charge in [0, 0.05) is 15.6 Å². The number of rotatable bonds is 4. The number of halogens is 2. The summed E-state index contributed by atoms with van der Waals surface area (Å²) in [6, 6.07) is 11.0. The number of hydrogen-bond donors (Lipinski definition) is 1. The summed E-state index contributed by atoms with van der Waals surface area (Å²) in [6.45, 7) is 0.188. The van der Waals surface area contributed by atoms with Gasteiger partial charge in [-0.15, -0.1) is 0 Å². The average Bonchev–Trinajstić information content (AvgIpc) is 2.37. The van der Waals surface area contributed by atoms with Gasteiger partial charge in [-0.25, -0.2) is 13.6 Å². The van der Waals surface area contributed by atoms with Crippen LogP contribution in [0.15, 0.2) is 47.4 Å². The third-order valence-corrected chi connectivity index (χ3v) is 4.23. The maximum Gasteiger partial charge on any atom is 0.238 e. The first-order valence-corrected chi connectivity index (χ1v) is 7.87. The number of nitrogens with two attached hydrogens (primary N) is 1. The molecule has 2 aromatic rings. The van der Waals surface area contributed by atoms with Gasteiger partial charge in [0.2, 0.25) is 10.0 Å². The zero-order valence-corrected chi connectivity index (χ0v) is 12.5. The lowest BCUT2D eigenvalue weighted by Gasteiger charge is -2.09. The van der Waals surface area contributed by atoms with Crippen molar-refractivity contribution in [2.75, 3.05) is 0 Å². The minimum Gasteiger partial charge on any atom is -0.489 e. The van der Waals surface area contributed by atoms with Gasteiger partial charge in [0.25, 0.3) is 0 Å². The third kappa shape index (κ3) is 3.64. The quantitative estimate of drug-likeness (QED) is 0.935. The number of ether oxygens (including phenoxy) is 1. The highest BCUT2D eigenvalue weighted by Gasteiger charge is 2.09. The molecule has 0 aliphatic rings. The summed E-state index contributed by atoms with van der Waals surface area (Å²) in [5, 5.41) is 6.03. The molecular weight excluding hydrogens is 321 g/mol. The van der Waals surface area contributed by atoms with Gasteiger partial charge in [-0.3, -0.25) is 0 Å². The molecule has 2 rings (SSSR count). The topological polar surface area (TPSA) is 69.4 Å². The van der Waals surface area contributed by atoms with E-state index in [4.69, 9.17) is 33.1 Å². The van der Waals surface area contributed by atoms with Crippen LogP contribution >= 0.6 is 23.2 Å². The molecule has 7 heteroatoms. The first-order valence-electron chi connectivity index (χ1n) is 5.56. The first-order chi connectivity index (χ1) is 9.38. The van der Waals surface area contributed by atoms with Gasteiger partial charge < -0.3 is 4.74 Å². The Balaban J connectivity index is 2.12. The van der Waals surface area contributed by atoms with Crippen LogP contribution in [0.25, 0.3) is 0 Å². The zero-order chi connectivity index (χ0) is 14.8. The average molecular weight is 332 g/mol. The highest BCUT2D eigenvalue weighted by molar-refractivity contribution is 7.89. The number of primary sulfonamides is 1. The van der Waals surface area contributed by atoms with Crippen LogP contribution in [0.4, 0.5) is 0 Å². The van der Waals surface area contributed by atoms with Crippen molar-refractivity contribution in [2.45, 2.75) is 11.5 Å². The Bertz CT molecular complexity index is 695. The second-order valence-electron chi connectivity index (χ2n) is 4.01. The second kappa shape index (κ2) is 6.01. The Morgan fingerprint density at radius 3 is 2.05 bits per heavy atom. The van der Waals surface area contributed by atoms with Crippen molar-refractivity contribution in [3.63, 3.8) is 0 Å². The summed E-state index contributed by atoms with van der Waals surface area (Å²) in [5.41, 5.74) is 0.673. The fraction of sp³-hybridized carbons (Fsp3) is 0.0769.